The van der Waals surface area contributed by atoms with Gasteiger partial charge in [0.2, 0.25) is 5.91 Å². The minimum atomic E-state index is -0.0637. The minimum absolute atomic E-state index is 0.0290. The molecule has 2 rings (SSSR count). The Balaban J connectivity index is 2.00. The lowest BCUT2D eigenvalue weighted by atomic mass is 10.2. The summed E-state index contributed by atoms with van der Waals surface area (Å²) < 4.78 is 1.69. The van der Waals surface area contributed by atoms with Crippen LogP contribution in [0.4, 0.5) is 0 Å². The largest absolute Gasteiger partial charge is 0.345 e. The van der Waals surface area contributed by atoms with E-state index in [0.29, 0.717) is 6.54 Å². The van der Waals surface area contributed by atoms with Crippen LogP contribution < -0.4 is 5.43 Å². The van der Waals surface area contributed by atoms with E-state index in [4.69, 9.17) is 0 Å². The van der Waals surface area contributed by atoms with Crippen molar-refractivity contribution in [2.45, 2.75) is 20.0 Å². The van der Waals surface area contributed by atoms with Gasteiger partial charge in [-0.3, -0.25) is 14.6 Å². The van der Waals surface area contributed by atoms with E-state index >= 15 is 0 Å². The number of aromatic nitrogens is 2. The number of pyridine rings is 2. The zero-order valence-electron chi connectivity index (χ0n) is 11.6. The number of likely N-dealkylation sites (N-methyl/N-ethyl adjacent to an activating group) is 1. The van der Waals surface area contributed by atoms with Crippen molar-refractivity contribution < 1.29 is 4.79 Å². The van der Waals surface area contributed by atoms with Gasteiger partial charge in [-0.15, -0.1) is 0 Å². The fraction of sp³-hybridized carbons (Fsp3) is 0.267. The van der Waals surface area contributed by atoms with Crippen LogP contribution in [-0.2, 0) is 17.9 Å². The van der Waals surface area contributed by atoms with Gasteiger partial charge < -0.3 is 9.47 Å². The lowest BCUT2D eigenvalue weighted by molar-refractivity contribution is -0.131. The van der Waals surface area contributed by atoms with E-state index in [1.165, 1.54) is 12.1 Å². The summed E-state index contributed by atoms with van der Waals surface area (Å²) in [6, 6.07) is 6.73. The monoisotopic (exact) mass is 271 g/mol. The molecule has 0 saturated heterocycles. The van der Waals surface area contributed by atoms with Gasteiger partial charge in [0, 0.05) is 37.8 Å². The molecule has 5 heteroatoms. The zero-order valence-corrected chi connectivity index (χ0v) is 11.6. The van der Waals surface area contributed by atoms with Crippen molar-refractivity contribution in [2.24, 2.45) is 0 Å². The number of hydrogen-bond donors (Lipinski definition) is 0. The van der Waals surface area contributed by atoms with Gasteiger partial charge in [0.15, 0.2) is 5.43 Å². The number of rotatable bonds is 4. The molecule has 0 radical (unpaired) electrons. The summed E-state index contributed by atoms with van der Waals surface area (Å²) >= 11 is 0. The predicted octanol–water partition coefficient (Wildman–Crippen LogP) is 1.21. The lowest BCUT2D eigenvalue weighted by Crippen LogP contribution is -2.30. The first-order chi connectivity index (χ1) is 9.56. The molecule has 2 aromatic heterocycles. The maximum atomic E-state index is 12.1. The summed E-state index contributed by atoms with van der Waals surface area (Å²) in [5, 5.41) is 0. The van der Waals surface area contributed by atoms with E-state index in [9.17, 15) is 9.59 Å². The molecule has 20 heavy (non-hydrogen) atoms. The van der Waals surface area contributed by atoms with E-state index in [1.54, 1.807) is 35.1 Å². The summed E-state index contributed by atoms with van der Waals surface area (Å²) in [6.45, 7) is 2.66. The Bertz CT molecular complexity index is 644. The van der Waals surface area contributed by atoms with Crippen molar-refractivity contribution in [3.05, 3.63) is 64.3 Å². The van der Waals surface area contributed by atoms with Crippen LogP contribution >= 0.6 is 0 Å². The Morgan fingerprint density at radius 1 is 1.30 bits per heavy atom. The number of aryl methyl sites for hydroxylation is 1. The van der Waals surface area contributed by atoms with Crippen LogP contribution in [0.5, 0.6) is 0 Å². The van der Waals surface area contributed by atoms with Crippen LogP contribution in [0.1, 0.15) is 11.3 Å². The summed E-state index contributed by atoms with van der Waals surface area (Å²) in [5.74, 6) is -0.0290. The van der Waals surface area contributed by atoms with E-state index in [2.05, 4.69) is 4.98 Å². The summed E-state index contributed by atoms with van der Waals surface area (Å²) in [5.41, 5.74) is 1.89. The van der Waals surface area contributed by atoms with Gasteiger partial charge in [-0.05, 0) is 18.6 Å². The lowest BCUT2D eigenvalue weighted by Gasteiger charge is -2.18. The molecule has 2 heterocycles. The fourth-order valence-corrected chi connectivity index (χ4v) is 1.82. The van der Waals surface area contributed by atoms with Crippen LogP contribution in [0.3, 0.4) is 0 Å². The summed E-state index contributed by atoms with van der Waals surface area (Å²) in [6.07, 6.45) is 4.95. The van der Waals surface area contributed by atoms with Crippen molar-refractivity contribution in [2.75, 3.05) is 7.05 Å². The molecule has 0 aliphatic carbocycles. The Hall–Kier alpha value is -2.43. The van der Waals surface area contributed by atoms with Crippen molar-refractivity contribution >= 4 is 5.91 Å². The van der Waals surface area contributed by atoms with Crippen molar-refractivity contribution in [3.8, 4) is 0 Å². The first-order valence-corrected chi connectivity index (χ1v) is 6.37. The molecule has 0 bridgehead atoms. The normalized spacial score (nSPS) is 10.3. The molecule has 0 N–H and O–H groups in total. The van der Waals surface area contributed by atoms with Gasteiger partial charge in [0.25, 0.3) is 0 Å². The number of nitrogens with zero attached hydrogens (tertiary/aromatic N) is 3. The summed E-state index contributed by atoms with van der Waals surface area (Å²) in [4.78, 5) is 29.0. The molecule has 104 valence electrons. The minimum Gasteiger partial charge on any atom is -0.345 e. The summed E-state index contributed by atoms with van der Waals surface area (Å²) in [7, 11) is 1.75. The third kappa shape index (κ3) is 3.54. The Morgan fingerprint density at radius 3 is 2.65 bits per heavy atom. The van der Waals surface area contributed by atoms with Crippen molar-refractivity contribution in [1.29, 1.82) is 0 Å². The molecule has 0 spiro atoms. The van der Waals surface area contributed by atoms with E-state index in [-0.39, 0.29) is 17.9 Å². The quantitative estimate of drug-likeness (QED) is 0.840. The molecular weight excluding hydrogens is 254 g/mol. The zero-order chi connectivity index (χ0) is 14.5. The average molecular weight is 271 g/mol. The highest BCUT2D eigenvalue weighted by Gasteiger charge is 2.11. The van der Waals surface area contributed by atoms with Crippen LogP contribution in [0.15, 0.2) is 47.7 Å². The number of carbonyl (C=O) groups is 1. The third-order valence-electron chi connectivity index (χ3n) is 3.11. The van der Waals surface area contributed by atoms with Gasteiger partial charge in [-0.25, -0.2) is 0 Å². The highest BCUT2D eigenvalue weighted by molar-refractivity contribution is 5.75. The molecule has 0 aliphatic rings. The topological polar surface area (TPSA) is 55.2 Å². The molecule has 5 nitrogen and oxygen atoms in total. The molecular formula is C15H17N3O2. The van der Waals surface area contributed by atoms with E-state index < -0.39 is 0 Å². The highest BCUT2D eigenvalue weighted by atomic mass is 16.2. The predicted molar refractivity (Wildman–Crippen MR) is 76.2 cm³/mol. The van der Waals surface area contributed by atoms with Crippen LogP contribution in [0.2, 0.25) is 0 Å². The van der Waals surface area contributed by atoms with Crippen LogP contribution in [0.25, 0.3) is 0 Å². The molecule has 1 amide bonds. The third-order valence-corrected chi connectivity index (χ3v) is 3.11. The molecule has 0 unspecified atom stereocenters. The second kappa shape index (κ2) is 6.14. The van der Waals surface area contributed by atoms with Crippen LogP contribution in [-0.4, -0.2) is 27.4 Å². The fourth-order valence-electron chi connectivity index (χ4n) is 1.82. The molecule has 2 aromatic rings. The molecule has 0 aromatic carbocycles. The van der Waals surface area contributed by atoms with Gasteiger partial charge in [-0.1, -0.05) is 6.07 Å². The first kappa shape index (κ1) is 14.0. The van der Waals surface area contributed by atoms with Crippen molar-refractivity contribution in [1.82, 2.24) is 14.5 Å². The maximum Gasteiger partial charge on any atom is 0.242 e. The Morgan fingerprint density at radius 2 is 2.00 bits per heavy atom. The number of hydrogen-bond acceptors (Lipinski definition) is 3. The van der Waals surface area contributed by atoms with Gasteiger partial charge in [0.1, 0.15) is 6.54 Å². The Labute approximate surface area is 117 Å². The van der Waals surface area contributed by atoms with Gasteiger partial charge in [0.05, 0.1) is 12.2 Å². The van der Waals surface area contributed by atoms with Gasteiger partial charge in [-0.2, -0.15) is 0 Å². The second-order valence-electron chi connectivity index (χ2n) is 4.72. The molecule has 0 aliphatic heterocycles. The standard InChI is InChI=1S/C15H17N3O2/c1-12-4-3-7-16-14(12)10-17(2)15(20)11-18-8-5-13(19)6-9-18/h3-9H,10-11H2,1-2H3. The second-order valence-corrected chi connectivity index (χ2v) is 4.72. The van der Waals surface area contributed by atoms with Crippen molar-refractivity contribution in [3.63, 3.8) is 0 Å². The van der Waals surface area contributed by atoms with Crippen LogP contribution in [0, 0.1) is 6.92 Å². The highest BCUT2D eigenvalue weighted by Crippen LogP contribution is 2.06. The maximum absolute atomic E-state index is 12.1. The first-order valence-electron chi connectivity index (χ1n) is 6.37. The Kier molecular flexibility index (Phi) is 4.30. The molecule has 0 saturated carbocycles. The number of carbonyl (C=O) groups excluding carboxylic acids is 1. The van der Waals surface area contributed by atoms with E-state index in [1.807, 2.05) is 19.1 Å². The smallest absolute Gasteiger partial charge is 0.242 e. The molecule has 0 atom stereocenters. The number of amides is 1. The molecule has 0 fully saturated rings. The average Bonchev–Trinajstić information content (AvgIpc) is 2.44. The van der Waals surface area contributed by atoms with E-state index in [0.717, 1.165) is 11.3 Å². The van der Waals surface area contributed by atoms with Gasteiger partial charge >= 0.3 is 0 Å². The SMILES string of the molecule is Cc1cccnc1CN(C)C(=O)Cn1ccc(=O)cc1.